The van der Waals surface area contributed by atoms with Crippen LogP contribution >= 0.6 is 22.6 Å². The van der Waals surface area contributed by atoms with Crippen molar-refractivity contribution in [3.8, 4) is 0 Å². The van der Waals surface area contributed by atoms with Crippen LogP contribution in [0.15, 0.2) is 33.9 Å². The molecule has 1 aromatic carbocycles. The zero-order chi connectivity index (χ0) is 20.5. The Kier molecular flexibility index (Phi) is 5.77. The van der Waals surface area contributed by atoms with Gasteiger partial charge in [0, 0.05) is 23.6 Å². The summed E-state index contributed by atoms with van der Waals surface area (Å²) in [5.41, 5.74) is 8.52. The number of fused-ring (bicyclic) bond motifs is 1. The number of nitrogens with one attached hydrogen (secondary N) is 2. The quantitative estimate of drug-likeness (QED) is 0.361. The van der Waals surface area contributed by atoms with E-state index in [1.807, 2.05) is 16.7 Å². The molecule has 0 bridgehead atoms. The van der Waals surface area contributed by atoms with Crippen molar-refractivity contribution in [1.29, 1.82) is 0 Å². The summed E-state index contributed by atoms with van der Waals surface area (Å²) in [6.07, 6.45) is 4.17. The molecular weight excluding hydrogens is 483 g/mol. The number of anilines is 1. The highest BCUT2D eigenvalue weighted by Crippen LogP contribution is 2.24. The van der Waals surface area contributed by atoms with Crippen LogP contribution in [0, 0.1) is 0 Å². The predicted octanol–water partition coefficient (Wildman–Crippen LogP) is 2.09. The second-order valence-electron chi connectivity index (χ2n) is 7.61. The summed E-state index contributed by atoms with van der Waals surface area (Å²) in [6, 6.07) is 8.29. The van der Waals surface area contributed by atoms with Gasteiger partial charge in [0.15, 0.2) is 11.2 Å². The summed E-state index contributed by atoms with van der Waals surface area (Å²) < 4.78 is 4.12. The number of aryl methyl sites for hydroxylation is 1. The Hall–Kier alpha value is -2.14. The monoisotopic (exact) mass is 508 g/mol. The summed E-state index contributed by atoms with van der Waals surface area (Å²) in [5.74, 6) is 0.581. The molecule has 1 fully saturated rings. The van der Waals surface area contributed by atoms with Crippen LogP contribution in [-0.2, 0) is 18.0 Å². The van der Waals surface area contributed by atoms with E-state index < -0.39 is 11.2 Å². The molecule has 9 heteroatoms. The van der Waals surface area contributed by atoms with E-state index >= 15 is 0 Å². The van der Waals surface area contributed by atoms with Gasteiger partial charge in [0.05, 0.1) is 6.54 Å². The SMILES string of the molecule is Cn1c(=O)[nH]c(=O)c2c1nc(N[C@H]1CCCC[C@H]1N)n2Cc1ccccc1CI. The van der Waals surface area contributed by atoms with Gasteiger partial charge in [-0.1, -0.05) is 59.7 Å². The van der Waals surface area contributed by atoms with Crippen LogP contribution in [0.25, 0.3) is 11.2 Å². The zero-order valence-electron chi connectivity index (χ0n) is 16.3. The second kappa shape index (κ2) is 8.31. The first-order chi connectivity index (χ1) is 14.0. The molecule has 0 radical (unpaired) electrons. The predicted molar refractivity (Wildman–Crippen MR) is 123 cm³/mol. The number of aromatic amines is 1. The molecule has 0 spiro atoms. The third-order valence-electron chi connectivity index (χ3n) is 5.73. The number of nitrogens with zero attached hydrogens (tertiary/aromatic N) is 3. The molecular formula is C20H25IN6O2. The molecule has 1 aliphatic carbocycles. The molecule has 4 N–H and O–H groups in total. The molecule has 154 valence electrons. The number of rotatable bonds is 5. The number of hydrogen-bond acceptors (Lipinski definition) is 5. The maximum atomic E-state index is 12.7. The molecule has 3 aromatic rings. The Labute approximate surface area is 181 Å². The molecule has 8 nitrogen and oxygen atoms in total. The molecule has 4 rings (SSSR count). The summed E-state index contributed by atoms with van der Waals surface area (Å²) in [4.78, 5) is 31.8. The minimum absolute atomic E-state index is 0.0424. The van der Waals surface area contributed by atoms with Crippen LogP contribution in [0.3, 0.4) is 0 Å². The summed E-state index contributed by atoms with van der Waals surface area (Å²) >= 11 is 2.34. The van der Waals surface area contributed by atoms with E-state index in [1.54, 1.807) is 7.05 Å². The first-order valence-corrected chi connectivity index (χ1v) is 11.4. The Balaban J connectivity index is 1.86. The van der Waals surface area contributed by atoms with E-state index in [2.05, 4.69) is 50.0 Å². The summed E-state index contributed by atoms with van der Waals surface area (Å²) in [6.45, 7) is 0.487. The second-order valence-corrected chi connectivity index (χ2v) is 8.38. The summed E-state index contributed by atoms with van der Waals surface area (Å²) in [5, 5.41) is 3.48. The number of aromatic nitrogens is 4. The number of benzene rings is 1. The molecule has 2 aromatic heterocycles. The van der Waals surface area contributed by atoms with Crippen molar-refractivity contribution in [2.75, 3.05) is 5.32 Å². The molecule has 0 unspecified atom stereocenters. The third-order valence-corrected chi connectivity index (χ3v) is 6.55. The normalized spacial score (nSPS) is 19.6. The van der Waals surface area contributed by atoms with Crippen molar-refractivity contribution in [3.05, 3.63) is 56.2 Å². The minimum Gasteiger partial charge on any atom is -0.351 e. The number of halogens is 1. The molecule has 0 amide bonds. The average molecular weight is 508 g/mol. The van der Waals surface area contributed by atoms with Gasteiger partial charge in [0.2, 0.25) is 5.95 Å². The number of H-pyrrole nitrogens is 1. The first kappa shape index (κ1) is 20.1. The fraction of sp³-hybridized carbons (Fsp3) is 0.450. The van der Waals surface area contributed by atoms with E-state index in [0.29, 0.717) is 23.7 Å². The van der Waals surface area contributed by atoms with E-state index in [1.165, 1.54) is 10.1 Å². The Morgan fingerprint density at radius 1 is 1.24 bits per heavy atom. The van der Waals surface area contributed by atoms with Crippen LogP contribution < -0.4 is 22.3 Å². The lowest BCUT2D eigenvalue weighted by Gasteiger charge is -2.29. The average Bonchev–Trinajstić information content (AvgIpc) is 3.07. The number of imidazole rings is 1. The van der Waals surface area contributed by atoms with Gasteiger partial charge < -0.3 is 11.1 Å². The molecule has 0 saturated heterocycles. The lowest BCUT2D eigenvalue weighted by Crippen LogP contribution is -2.43. The van der Waals surface area contributed by atoms with Crippen molar-refractivity contribution in [2.45, 2.75) is 48.7 Å². The van der Waals surface area contributed by atoms with Crippen LogP contribution in [0.5, 0.6) is 0 Å². The van der Waals surface area contributed by atoms with Gasteiger partial charge >= 0.3 is 5.69 Å². The van der Waals surface area contributed by atoms with Crippen molar-refractivity contribution < 1.29 is 0 Å². The summed E-state index contributed by atoms with van der Waals surface area (Å²) in [7, 11) is 1.62. The fourth-order valence-electron chi connectivity index (χ4n) is 4.02. The van der Waals surface area contributed by atoms with E-state index in [-0.39, 0.29) is 12.1 Å². The van der Waals surface area contributed by atoms with Crippen molar-refractivity contribution in [2.24, 2.45) is 12.8 Å². The molecule has 2 heterocycles. The van der Waals surface area contributed by atoms with Gasteiger partial charge in [-0.2, -0.15) is 4.98 Å². The third kappa shape index (κ3) is 3.85. The largest absolute Gasteiger partial charge is 0.351 e. The van der Waals surface area contributed by atoms with E-state index in [0.717, 1.165) is 35.7 Å². The zero-order valence-corrected chi connectivity index (χ0v) is 18.5. The van der Waals surface area contributed by atoms with Gasteiger partial charge in [-0.25, -0.2) is 4.79 Å². The van der Waals surface area contributed by atoms with Crippen LogP contribution in [0.4, 0.5) is 5.95 Å². The molecule has 1 aliphatic rings. The Bertz CT molecular complexity index is 1150. The first-order valence-electron chi connectivity index (χ1n) is 9.84. The highest BCUT2D eigenvalue weighted by Gasteiger charge is 2.25. The molecule has 1 saturated carbocycles. The maximum absolute atomic E-state index is 12.7. The van der Waals surface area contributed by atoms with E-state index in [4.69, 9.17) is 5.73 Å². The standard InChI is InChI=1S/C20H25IN6O2/c1-26-17-16(18(28)25-20(26)29)27(11-13-7-3-2-6-12(13)10-21)19(24-17)23-15-9-5-4-8-14(15)22/h2-3,6-7,14-15H,4-5,8-11,22H2,1H3,(H,23,24)(H,25,28,29)/t14-,15+/m1/s1. The Morgan fingerprint density at radius 2 is 1.97 bits per heavy atom. The molecule has 29 heavy (non-hydrogen) atoms. The van der Waals surface area contributed by atoms with Gasteiger partial charge in [-0.3, -0.25) is 18.9 Å². The number of alkyl halides is 1. The molecule has 0 aliphatic heterocycles. The minimum atomic E-state index is -0.472. The smallest absolute Gasteiger partial charge is 0.329 e. The molecule has 2 atom stereocenters. The highest BCUT2D eigenvalue weighted by molar-refractivity contribution is 14.1. The Morgan fingerprint density at radius 3 is 2.69 bits per heavy atom. The van der Waals surface area contributed by atoms with Crippen LogP contribution in [0.1, 0.15) is 36.8 Å². The maximum Gasteiger partial charge on any atom is 0.329 e. The van der Waals surface area contributed by atoms with Crippen LogP contribution in [0.2, 0.25) is 0 Å². The number of nitrogens with two attached hydrogens (primary N) is 1. The van der Waals surface area contributed by atoms with Crippen molar-refractivity contribution in [3.63, 3.8) is 0 Å². The van der Waals surface area contributed by atoms with Crippen LogP contribution in [-0.4, -0.2) is 31.2 Å². The van der Waals surface area contributed by atoms with Crippen molar-refractivity contribution >= 4 is 39.7 Å². The highest BCUT2D eigenvalue weighted by atomic mass is 127. The topological polar surface area (TPSA) is 111 Å². The fourth-order valence-corrected chi connectivity index (χ4v) is 4.76. The lowest BCUT2D eigenvalue weighted by atomic mass is 9.91. The van der Waals surface area contributed by atoms with E-state index in [9.17, 15) is 9.59 Å². The van der Waals surface area contributed by atoms with Crippen molar-refractivity contribution in [1.82, 2.24) is 19.1 Å². The van der Waals surface area contributed by atoms with Gasteiger partial charge in [0.25, 0.3) is 5.56 Å². The lowest BCUT2D eigenvalue weighted by molar-refractivity contribution is 0.401. The van der Waals surface area contributed by atoms with Gasteiger partial charge in [0.1, 0.15) is 0 Å². The van der Waals surface area contributed by atoms with Gasteiger partial charge in [-0.15, -0.1) is 0 Å². The number of hydrogen-bond donors (Lipinski definition) is 3. The van der Waals surface area contributed by atoms with Gasteiger partial charge in [-0.05, 0) is 24.0 Å².